The van der Waals surface area contributed by atoms with Crippen LogP contribution >= 0.6 is 0 Å². The molecule has 182 valence electrons. The van der Waals surface area contributed by atoms with Gasteiger partial charge in [-0.3, -0.25) is 14.4 Å². The van der Waals surface area contributed by atoms with E-state index in [2.05, 4.69) is 10.6 Å². The smallest absolute Gasteiger partial charge is 0.241 e. The number of rotatable bonds is 11. The van der Waals surface area contributed by atoms with E-state index >= 15 is 0 Å². The molecule has 3 amide bonds. The van der Waals surface area contributed by atoms with E-state index < -0.39 is 17.9 Å². The summed E-state index contributed by atoms with van der Waals surface area (Å²) < 4.78 is 5.34. The number of ether oxygens (including phenoxy) is 1. The van der Waals surface area contributed by atoms with Crippen LogP contribution in [0.25, 0.3) is 0 Å². The third-order valence-electron chi connectivity index (χ3n) is 6.68. The van der Waals surface area contributed by atoms with E-state index in [9.17, 15) is 14.4 Å². The Balaban J connectivity index is 1.59. The number of carbonyl (C=O) groups is 3. The van der Waals surface area contributed by atoms with Crippen LogP contribution in [0, 0.1) is 11.8 Å². The van der Waals surface area contributed by atoms with Crippen LogP contribution in [-0.4, -0.2) is 61.5 Å². The first kappa shape index (κ1) is 25.2. The van der Waals surface area contributed by atoms with Gasteiger partial charge in [0.05, 0.1) is 13.2 Å². The van der Waals surface area contributed by atoms with Gasteiger partial charge in [0, 0.05) is 38.5 Å². The van der Waals surface area contributed by atoms with Gasteiger partial charge in [0.15, 0.2) is 0 Å². The number of primary amides is 1. The Morgan fingerprint density at radius 1 is 1.06 bits per heavy atom. The fourth-order valence-electron chi connectivity index (χ4n) is 4.73. The van der Waals surface area contributed by atoms with Gasteiger partial charge in [0.1, 0.15) is 6.04 Å². The van der Waals surface area contributed by atoms with Gasteiger partial charge in [0.25, 0.3) is 0 Å². The van der Waals surface area contributed by atoms with Gasteiger partial charge < -0.3 is 26.0 Å². The molecule has 8 nitrogen and oxygen atoms in total. The van der Waals surface area contributed by atoms with Crippen molar-refractivity contribution in [3.63, 3.8) is 0 Å². The minimum absolute atomic E-state index is 0.0212. The van der Waals surface area contributed by atoms with Gasteiger partial charge in [-0.2, -0.15) is 0 Å². The summed E-state index contributed by atoms with van der Waals surface area (Å²) in [4.78, 5) is 39.9. The fraction of sp³-hybridized carbons (Fsp3) is 0.640. The molecular formula is C25H38N4O4. The van der Waals surface area contributed by atoms with E-state index in [1.807, 2.05) is 30.3 Å². The van der Waals surface area contributed by atoms with Crippen molar-refractivity contribution in [2.75, 3.05) is 32.8 Å². The predicted octanol–water partition coefficient (Wildman–Crippen LogP) is 1.58. The standard InChI is InChI=1S/C25H38N4O4/c26-24(31)22(18-27-17-20-9-5-2-6-10-20)28-25(32)21(15-19-7-3-1-4-8-19)16-23(30)29-11-13-33-14-12-29/h2,5-6,9-10,19,21-22,27H,1,3-4,7-8,11-18H2,(H2,26,31)(H,28,32)/t21-,22+/m1/s1. The molecule has 1 aliphatic heterocycles. The molecule has 1 heterocycles. The van der Waals surface area contributed by atoms with Crippen LogP contribution in [0.3, 0.4) is 0 Å². The molecule has 0 unspecified atom stereocenters. The van der Waals surface area contributed by atoms with Gasteiger partial charge in [-0.15, -0.1) is 0 Å². The van der Waals surface area contributed by atoms with Crippen LogP contribution in [-0.2, 0) is 25.7 Å². The summed E-state index contributed by atoms with van der Waals surface area (Å²) in [5.74, 6) is -0.881. The molecule has 0 spiro atoms. The van der Waals surface area contributed by atoms with E-state index in [1.165, 1.54) is 19.3 Å². The lowest BCUT2D eigenvalue weighted by atomic mass is 9.81. The summed E-state index contributed by atoms with van der Waals surface area (Å²) >= 11 is 0. The molecule has 2 fully saturated rings. The first-order chi connectivity index (χ1) is 16.0. The fourth-order valence-corrected chi connectivity index (χ4v) is 4.73. The largest absolute Gasteiger partial charge is 0.378 e. The molecule has 0 aromatic heterocycles. The second-order valence-electron chi connectivity index (χ2n) is 9.21. The highest BCUT2D eigenvalue weighted by atomic mass is 16.5. The molecule has 3 rings (SSSR count). The van der Waals surface area contributed by atoms with Gasteiger partial charge in [-0.1, -0.05) is 62.4 Å². The zero-order chi connectivity index (χ0) is 23.5. The number of hydrogen-bond acceptors (Lipinski definition) is 5. The maximum Gasteiger partial charge on any atom is 0.241 e. The first-order valence-corrected chi connectivity index (χ1v) is 12.2. The number of nitrogens with one attached hydrogen (secondary N) is 2. The van der Waals surface area contributed by atoms with E-state index in [4.69, 9.17) is 10.5 Å². The molecule has 8 heteroatoms. The van der Waals surface area contributed by atoms with Gasteiger partial charge in [-0.25, -0.2) is 0 Å². The SMILES string of the molecule is NC(=O)[C@H](CNCc1ccccc1)NC(=O)[C@@H](CC(=O)N1CCOCC1)CC1CCCCC1. The lowest BCUT2D eigenvalue weighted by molar-refractivity contribution is -0.140. The Hall–Kier alpha value is -2.45. The summed E-state index contributed by atoms with van der Waals surface area (Å²) in [6.45, 7) is 2.99. The second kappa shape index (κ2) is 13.3. The Labute approximate surface area is 196 Å². The number of hydrogen-bond donors (Lipinski definition) is 3. The third kappa shape index (κ3) is 8.44. The Bertz CT molecular complexity index is 761. The summed E-state index contributed by atoms with van der Waals surface area (Å²) in [5, 5.41) is 6.03. The molecule has 1 aliphatic carbocycles. The zero-order valence-corrected chi connectivity index (χ0v) is 19.5. The van der Waals surface area contributed by atoms with Gasteiger partial charge in [0.2, 0.25) is 17.7 Å². The predicted molar refractivity (Wildman–Crippen MR) is 126 cm³/mol. The average molecular weight is 459 g/mol. The molecule has 4 N–H and O–H groups in total. The van der Waals surface area contributed by atoms with Crippen LogP contribution in [0.2, 0.25) is 0 Å². The average Bonchev–Trinajstić information content (AvgIpc) is 2.84. The molecule has 0 radical (unpaired) electrons. The van der Waals surface area contributed by atoms with Crippen molar-refractivity contribution in [3.8, 4) is 0 Å². The minimum Gasteiger partial charge on any atom is -0.378 e. The zero-order valence-electron chi connectivity index (χ0n) is 19.5. The molecule has 2 aliphatic rings. The number of nitrogens with zero attached hydrogens (tertiary/aromatic N) is 1. The second-order valence-corrected chi connectivity index (χ2v) is 9.21. The first-order valence-electron chi connectivity index (χ1n) is 12.2. The van der Waals surface area contributed by atoms with Crippen molar-refractivity contribution < 1.29 is 19.1 Å². The number of benzene rings is 1. The minimum atomic E-state index is -0.825. The van der Waals surface area contributed by atoms with E-state index in [0.29, 0.717) is 45.2 Å². The van der Waals surface area contributed by atoms with Crippen molar-refractivity contribution in [1.82, 2.24) is 15.5 Å². The van der Waals surface area contributed by atoms with Gasteiger partial charge in [-0.05, 0) is 17.9 Å². The number of amides is 3. The number of morpholine rings is 1. The van der Waals surface area contributed by atoms with Crippen LogP contribution in [0.5, 0.6) is 0 Å². The molecule has 0 bridgehead atoms. The monoisotopic (exact) mass is 458 g/mol. The van der Waals surface area contributed by atoms with E-state index in [0.717, 1.165) is 18.4 Å². The van der Waals surface area contributed by atoms with E-state index in [1.54, 1.807) is 4.90 Å². The summed E-state index contributed by atoms with van der Waals surface area (Å²) in [6.07, 6.45) is 6.58. The summed E-state index contributed by atoms with van der Waals surface area (Å²) in [6, 6.07) is 9.00. The molecule has 1 saturated carbocycles. The van der Waals surface area contributed by atoms with Crippen molar-refractivity contribution in [2.45, 2.75) is 57.5 Å². The van der Waals surface area contributed by atoms with Crippen LogP contribution in [0.4, 0.5) is 0 Å². The molecule has 1 saturated heterocycles. The van der Waals surface area contributed by atoms with Crippen LogP contribution in [0.1, 0.15) is 50.5 Å². The van der Waals surface area contributed by atoms with Crippen molar-refractivity contribution in [3.05, 3.63) is 35.9 Å². The normalized spacial score (nSPS) is 19.0. The number of nitrogens with two attached hydrogens (primary N) is 1. The Kier molecular flexibility index (Phi) is 10.2. The quantitative estimate of drug-likeness (QED) is 0.466. The topological polar surface area (TPSA) is 114 Å². The van der Waals surface area contributed by atoms with E-state index in [-0.39, 0.29) is 24.8 Å². The highest BCUT2D eigenvalue weighted by Gasteiger charge is 2.31. The highest BCUT2D eigenvalue weighted by Crippen LogP contribution is 2.30. The molecule has 1 aromatic rings. The molecule has 2 atom stereocenters. The molecular weight excluding hydrogens is 420 g/mol. The Morgan fingerprint density at radius 2 is 1.76 bits per heavy atom. The van der Waals surface area contributed by atoms with Gasteiger partial charge >= 0.3 is 0 Å². The third-order valence-corrected chi connectivity index (χ3v) is 6.68. The summed E-state index contributed by atoms with van der Waals surface area (Å²) in [5.41, 5.74) is 6.67. The van der Waals surface area contributed by atoms with Crippen molar-refractivity contribution in [2.24, 2.45) is 17.6 Å². The molecule has 1 aromatic carbocycles. The maximum absolute atomic E-state index is 13.2. The lowest BCUT2D eigenvalue weighted by Crippen LogP contribution is -2.52. The van der Waals surface area contributed by atoms with Crippen molar-refractivity contribution >= 4 is 17.7 Å². The van der Waals surface area contributed by atoms with Crippen molar-refractivity contribution in [1.29, 1.82) is 0 Å². The lowest BCUT2D eigenvalue weighted by Gasteiger charge is -2.30. The maximum atomic E-state index is 13.2. The van der Waals surface area contributed by atoms with Crippen LogP contribution < -0.4 is 16.4 Å². The van der Waals surface area contributed by atoms with Crippen LogP contribution in [0.15, 0.2) is 30.3 Å². The highest BCUT2D eigenvalue weighted by molar-refractivity contribution is 5.90. The Morgan fingerprint density at radius 3 is 2.42 bits per heavy atom. The summed E-state index contributed by atoms with van der Waals surface area (Å²) in [7, 11) is 0. The number of carbonyl (C=O) groups excluding carboxylic acids is 3. The molecule has 33 heavy (non-hydrogen) atoms.